The van der Waals surface area contributed by atoms with Crippen molar-refractivity contribution < 1.29 is 0 Å². The van der Waals surface area contributed by atoms with E-state index >= 15 is 0 Å². The molecule has 0 unspecified atom stereocenters. The highest BCUT2D eigenvalue weighted by Gasteiger charge is 2.10. The molecule has 0 N–H and O–H groups in total. The highest BCUT2D eigenvalue weighted by molar-refractivity contribution is 9.26. The summed E-state index contributed by atoms with van der Waals surface area (Å²) in [5, 5.41) is 0. The summed E-state index contributed by atoms with van der Waals surface area (Å²) in [5.41, 5.74) is 0. The Morgan fingerprint density at radius 1 is 1.50 bits per heavy atom. The lowest BCUT2D eigenvalue weighted by atomic mass is 11.0. The van der Waals surface area contributed by atoms with E-state index in [1.165, 1.54) is 6.04 Å². The van der Waals surface area contributed by atoms with Crippen LogP contribution in [0.15, 0.2) is 0 Å². The Balaban J connectivity index is 3.17. The molecule has 0 aromatic heterocycles. The van der Waals surface area contributed by atoms with Gasteiger partial charge in [0.15, 0.2) is 0 Å². The van der Waals surface area contributed by atoms with Crippen molar-refractivity contribution in [2.45, 2.75) is 26.1 Å². The minimum atomic E-state index is -0.819. The monoisotopic (exact) mass is 166 g/mol. The number of hydrogen-bond donors (Lipinski definition) is 0. The Labute approximate surface area is 48.5 Å². The summed E-state index contributed by atoms with van der Waals surface area (Å²) in [6.07, 6.45) is 0. The van der Waals surface area contributed by atoms with E-state index in [0.717, 1.165) is 0 Å². The molecule has 2 heteroatoms. The molecular formula is C4H11BrSi. The fraction of sp³-hybridized carbons (Fsp3) is 1.00. The van der Waals surface area contributed by atoms with Gasteiger partial charge in [0.25, 0.3) is 0 Å². The van der Waals surface area contributed by atoms with E-state index in [2.05, 4.69) is 35.3 Å². The van der Waals surface area contributed by atoms with Gasteiger partial charge < -0.3 is 0 Å². The molecule has 0 aromatic carbocycles. The van der Waals surface area contributed by atoms with Gasteiger partial charge in [-0.3, -0.25) is 0 Å². The Morgan fingerprint density at radius 3 is 1.67 bits per heavy atom. The molecule has 0 heterocycles. The smallest absolute Gasteiger partial charge is 0.124 e. The first-order valence-corrected chi connectivity index (χ1v) is 7.71. The number of halogens is 1. The van der Waals surface area contributed by atoms with Crippen LogP contribution in [0.25, 0.3) is 0 Å². The van der Waals surface area contributed by atoms with Gasteiger partial charge in [0.2, 0.25) is 0 Å². The van der Waals surface area contributed by atoms with Gasteiger partial charge in [0.05, 0.1) is 0 Å². The summed E-state index contributed by atoms with van der Waals surface area (Å²) in [6.45, 7) is 6.00. The summed E-state index contributed by atoms with van der Waals surface area (Å²) < 4.78 is 0. The maximum atomic E-state index is 3.62. The van der Waals surface area contributed by atoms with Gasteiger partial charge in [-0.15, -0.1) is 15.3 Å². The average Bonchev–Trinajstić information content (AvgIpc) is 1.35. The SMILES string of the molecule is CC[Si](C)(C)Br. The average molecular weight is 167 g/mol. The predicted molar refractivity (Wildman–Crippen MR) is 36.9 cm³/mol. The summed E-state index contributed by atoms with van der Waals surface area (Å²) in [4.78, 5) is 0. The summed E-state index contributed by atoms with van der Waals surface area (Å²) >= 11 is 3.62. The zero-order valence-corrected chi connectivity index (χ0v) is 7.17. The molecule has 0 fully saturated rings. The van der Waals surface area contributed by atoms with E-state index in [1.54, 1.807) is 0 Å². The minimum absolute atomic E-state index is 0.819. The molecule has 0 nitrogen and oxygen atoms in total. The Kier molecular flexibility index (Phi) is 2.37. The van der Waals surface area contributed by atoms with Crippen LogP contribution in [-0.4, -0.2) is 6.69 Å². The molecule has 0 atom stereocenters. The minimum Gasteiger partial charge on any atom is -0.127 e. The zero-order valence-electron chi connectivity index (χ0n) is 4.59. The van der Waals surface area contributed by atoms with Crippen molar-refractivity contribution in [1.29, 1.82) is 0 Å². The highest BCUT2D eigenvalue weighted by Crippen LogP contribution is 2.14. The maximum Gasteiger partial charge on any atom is 0.124 e. The second kappa shape index (κ2) is 2.12. The second-order valence-electron chi connectivity index (χ2n) is 2.07. The molecule has 0 rings (SSSR count). The second-order valence-corrected chi connectivity index (χ2v) is 12.7. The molecule has 38 valence electrons. The predicted octanol–water partition coefficient (Wildman–Crippen LogP) is 2.61. The topological polar surface area (TPSA) is 0 Å². The summed E-state index contributed by atoms with van der Waals surface area (Å²) in [7, 11) is 0. The molecule has 0 aliphatic carbocycles. The molecule has 0 aliphatic rings. The zero-order chi connectivity index (χ0) is 5.21. The van der Waals surface area contributed by atoms with Crippen LogP contribution < -0.4 is 0 Å². The third-order valence-electron chi connectivity index (χ3n) is 0.841. The van der Waals surface area contributed by atoms with Crippen LogP contribution in [0, 0.1) is 0 Å². The first-order chi connectivity index (χ1) is 2.56. The number of rotatable bonds is 1. The standard InChI is InChI=1S/C4H11BrSi/c1-4-6(2,3)5/h4H2,1-3H3. The van der Waals surface area contributed by atoms with Gasteiger partial charge >= 0.3 is 0 Å². The fourth-order valence-corrected chi connectivity index (χ4v) is 0. The van der Waals surface area contributed by atoms with Crippen molar-refractivity contribution >= 4 is 22.0 Å². The van der Waals surface area contributed by atoms with Gasteiger partial charge in [0.1, 0.15) is 6.69 Å². The van der Waals surface area contributed by atoms with E-state index < -0.39 is 6.69 Å². The molecule has 6 heavy (non-hydrogen) atoms. The van der Waals surface area contributed by atoms with E-state index in [-0.39, 0.29) is 0 Å². The van der Waals surface area contributed by atoms with E-state index in [4.69, 9.17) is 0 Å². The maximum absolute atomic E-state index is 3.62. The van der Waals surface area contributed by atoms with Gasteiger partial charge in [-0.1, -0.05) is 26.1 Å². The lowest BCUT2D eigenvalue weighted by Crippen LogP contribution is -2.11. The first kappa shape index (κ1) is 6.70. The first-order valence-electron chi connectivity index (χ1n) is 2.25. The Hall–Kier alpha value is 0.697. The van der Waals surface area contributed by atoms with E-state index in [9.17, 15) is 0 Å². The van der Waals surface area contributed by atoms with Gasteiger partial charge in [-0.25, -0.2) is 0 Å². The van der Waals surface area contributed by atoms with Crippen LogP contribution in [0.5, 0.6) is 0 Å². The largest absolute Gasteiger partial charge is 0.127 e. The molecule has 0 aliphatic heterocycles. The molecule has 0 amide bonds. The van der Waals surface area contributed by atoms with Crippen molar-refractivity contribution in [3.8, 4) is 0 Å². The molecule has 0 aromatic rings. The van der Waals surface area contributed by atoms with Crippen LogP contribution >= 0.6 is 15.3 Å². The van der Waals surface area contributed by atoms with Crippen LogP contribution in [-0.2, 0) is 0 Å². The van der Waals surface area contributed by atoms with Crippen molar-refractivity contribution in [3.63, 3.8) is 0 Å². The fourth-order valence-electron chi connectivity index (χ4n) is 0. The van der Waals surface area contributed by atoms with Crippen molar-refractivity contribution in [2.24, 2.45) is 0 Å². The molecule has 0 saturated carbocycles. The van der Waals surface area contributed by atoms with Crippen LogP contribution in [0.2, 0.25) is 19.1 Å². The summed E-state index contributed by atoms with van der Waals surface area (Å²) in [6, 6.07) is 1.33. The molecule has 0 saturated heterocycles. The van der Waals surface area contributed by atoms with E-state index in [1.807, 2.05) is 0 Å². The van der Waals surface area contributed by atoms with Crippen molar-refractivity contribution in [3.05, 3.63) is 0 Å². The summed E-state index contributed by atoms with van der Waals surface area (Å²) in [5.74, 6) is 0. The van der Waals surface area contributed by atoms with Gasteiger partial charge in [-0.05, 0) is 0 Å². The third kappa shape index (κ3) is 4.70. The lowest BCUT2D eigenvalue weighted by molar-refractivity contribution is 1.41. The molecule has 0 bridgehead atoms. The molecular weight excluding hydrogens is 156 g/mol. The van der Waals surface area contributed by atoms with Crippen LogP contribution in [0.1, 0.15) is 6.92 Å². The van der Waals surface area contributed by atoms with Gasteiger partial charge in [0, 0.05) is 0 Å². The highest BCUT2D eigenvalue weighted by atomic mass is 79.9. The van der Waals surface area contributed by atoms with Crippen LogP contribution in [0.4, 0.5) is 0 Å². The third-order valence-corrected chi connectivity index (χ3v) is 4.20. The van der Waals surface area contributed by atoms with Crippen molar-refractivity contribution in [1.82, 2.24) is 0 Å². The van der Waals surface area contributed by atoms with E-state index in [0.29, 0.717) is 0 Å². The normalized spacial score (nSPS) is 12.0. The lowest BCUT2D eigenvalue weighted by Gasteiger charge is -2.06. The molecule has 0 radical (unpaired) electrons. The number of hydrogen-bond acceptors (Lipinski definition) is 0. The van der Waals surface area contributed by atoms with Crippen molar-refractivity contribution in [2.75, 3.05) is 0 Å². The quantitative estimate of drug-likeness (QED) is 0.416. The van der Waals surface area contributed by atoms with Gasteiger partial charge in [-0.2, -0.15) is 0 Å². The Bertz CT molecular complexity index is 37.3. The van der Waals surface area contributed by atoms with Crippen LogP contribution in [0.3, 0.4) is 0 Å². The molecule has 0 spiro atoms. The Morgan fingerprint density at radius 2 is 1.67 bits per heavy atom.